The Bertz CT molecular complexity index is 795. The normalized spacial score (nSPS) is 13.2. The minimum Gasteiger partial charge on any atom is -0.460 e. The fourth-order valence-electron chi connectivity index (χ4n) is 2.49. The molecule has 1 aromatic heterocycles. The number of aromatic nitrogens is 3. The highest BCUT2D eigenvalue weighted by Crippen LogP contribution is 2.26. The van der Waals surface area contributed by atoms with Crippen LogP contribution in [-0.2, 0) is 9.53 Å². The quantitative estimate of drug-likeness (QED) is 0.466. The second kappa shape index (κ2) is 10.5. The topological polar surface area (TPSA) is 97.0 Å². The summed E-state index contributed by atoms with van der Waals surface area (Å²) in [7, 11) is 0. The van der Waals surface area contributed by atoms with Gasteiger partial charge in [-0.2, -0.15) is 0 Å². The Balaban J connectivity index is 2.07. The summed E-state index contributed by atoms with van der Waals surface area (Å²) in [5.41, 5.74) is 0. The molecular weight excluding hydrogens is 400 g/mol. The lowest BCUT2D eigenvalue weighted by atomic mass is 10.0. The number of hydrogen-bond acceptors (Lipinski definition) is 6. The van der Waals surface area contributed by atoms with Gasteiger partial charge in [0.1, 0.15) is 5.82 Å². The van der Waals surface area contributed by atoms with Crippen LogP contribution in [0.4, 0.5) is 0 Å². The minimum atomic E-state index is -0.591. The van der Waals surface area contributed by atoms with E-state index in [9.17, 15) is 9.59 Å². The monoisotopic (exact) mass is 424 g/mol. The SMILES string of the molecule is CCOC(=O)c1n[nH]c([C@H](CC(C)C)NC(=O)[C@@H](C)Sc2ccc(Cl)cc2)n1. The van der Waals surface area contributed by atoms with Crippen molar-refractivity contribution in [3.05, 3.63) is 40.9 Å². The van der Waals surface area contributed by atoms with Crippen LogP contribution in [0.15, 0.2) is 29.2 Å². The molecule has 0 radical (unpaired) electrons. The Labute approximate surface area is 174 Å². The summed E-state index contributed by atoms with van der Waals surface area (Å²) < 4.78 is 4.91. The summed E-state index contributed by atoms with van der Waals surface area (Å²) >= 11 is 7.34. The molecule has 0 saturated carbocycles. The molecule has 28 heavy (non-hydrogen) atoms. The van der Waals surface area contributed by atoms with Crippen LogP contribution >= 0.6 is 23.4 Å². The molecule has 2 N–H and O–H groups in total. The lowest BCUT2D eigenvalue weighted by Crippen LogP contribution is -2.35. The molecule has 2 aromatic rings. The van der Waals surface area contributed by atoms with E-state index in [-0.39, 0.29) is 29.6 Å². The number of carbonyl (C=O) groups is 2. The number of carbonyl (C=O) groups excluding carboxylic acids is 2. The standard InChI is InChI=1S/C19H25ClN4O3S/c1-5-27-19(26)17-22-16(23-24-17)15(10-11(2)3)21-18(25)12(4)28-14-8-6-13(20)7-9-14/h6-9,11-12,15H,5,10H2,1-4H3,(H,21,25)(H,22,23,24)/t12-,15+/m1/s1. The highest BCUT2D eigenvalue weighted by atomic mass is 35.5. The van der Waals surface area contributed by atoms with Crippen molar-refractivity contribution in [1.82, 2.24) is 20.5 Å². The van der Waals surface area contributed by atoms with Crippen molar-refractivity contribution in [2.75, 3.05) is 6.61 Å². The first kappa shape index (κ1) is 22.2. The highest BCUT2D eigenvalue weighted by molar-refractivity contribution is 8.00. The van der Waals surface area contributed by atoms with Crippen LogP contribution in [0.5, 0.6) is 0 Å². The number of benzene rings is 1. The summed E-state index contributed by atoms with van der Waals surface area (Å²) in [5, 5.41) is 10.0. The van der Waals surface area contributed by atoms with Gasteiger partial charge in [-0.25, -0.2) is 9.78 Å². The van der Waals surface area contributed by atoms with Crippen LogP contribution in [0.3, 0.4) is 0 Å². The summed E-state index contributed by atoms with van der Waals surface area (Å²) in [5.74, 6) is -0.0103. The van der Waals surface area contributed by atoms with Crippen LogP contribution in [0.2, 0.25) is 5.02 Å². The second-order valence-corrected chi connectivity index (χ2v) is 8.52. The predicted molar refractivity (Wildman–Crippen MR) is 109 cm³/mol. The number of nitrogens with one attached hydrogen (secondary N) is 2. The summed E-state index contributed by atoms with van der Waals surface area (Å²) in [6.45, 7) is 7.90. The van der Waals surface area contributed by atoms with E-state index >= 15 is 0 Å². The van der Waals surface area contributed by atoms with Gasteiger partial charge in [0.05, 0.1) is 17.9 Å². The number of amides is 1. The number of nitrogens with zero attached hydrogens (tertiary/aromatic N) is 2. The molecule has 0 aliphatic carbocycles. The number of ether oxygens (including phenoxy) is 1. The fourth-order valence-corrected chi connectivity index (χ4v) is 3.49. The number of H-pyrrole nitrogens is 1. The third-order valence-electron chi connectivity index (χ3n) is 3.81. The molecule has 0 saturated heterocycles. The molecular formula is C19H25ClN4O3S. The van der Waals surface area contributed by atoms with Crippen LogP contribution in [0, 0.1) is 5.92 Å². The summed E-state index contributed by atoms with van der Waals surface area (Å²) in [6, 6.07) is 6.97. The smallest absolute Gasteiger partial charge is 0.378 e. The maximum Gasteiger partial charge on any atom is 0.378 e. The Kier molecular flexibility index (Phi) is 8.32. The highest BCUT2D eigenvalue weighted by Gasteiger charge is 2.25. The molecule has 0 spiro atoms. The molecule has 2 atom stereocenters. The Morgan fingerprint density at radius 2 is 1.93 bits per heavy atom. The fraction of sp³-hybridized carbons (Fsp3) is 0.474. The van der Waals surface area contributed by atoms with Crippen molar-refractivity contribution in [2.24, 2.45) is 5.92 Å². The van der Waals surface area contributed by atoms with Crippen molar-refractivity contribution in [1.29, 1.82) is 0 Å². The van der Waals surface area contributed by atoms with E-state index < -0.39 is 5.97 Å². The van der Waals surface area contributed by atoms with Crippen LogP contribution < -0.4 is 5.32 Å². The van der Waals surface area contributed by atoms with E-state index in [1.807, 2.05) is 32.9 Å². The van der Waals surface area contributed by atoms with E-state index in [0.29, 0.717) is 23.2 Å². The van der Waals surface area contributed by atoms with Crippen molar-refractivity contribution in [3.63, 3.8) is 0 Å². The van der Waals surface area contributed by atoms with Gasteiger partial charge in [0, 0.05) is 9.92 Å². The van der Waals surface area contributed by atoms with Crippen LogP contribution in [0.1, 0.15) is 56.6 Å². The maximum atomic E-state index is 12.7. The first-order valence-corrected chi connectivity index (χ1v) is 10.4. The van der Waals surface area contributed by atoms with Gasteiger partial charge in [-0.3, -0.25) is 9.89 Å². The van der Waals surface area contributed by atoms with Gasteiger partial charge < -0.3 is 10.1 Å². The first-order valence-electron chi connectivity index (χ1n) is 9.12. The molecule has 0 aliphatic rings. The average molecular weight is 425 g/mol. The zero-order valence-corrected chi connectivity index (χ0v) is 17.9. The molecule has 0 fully saturated rings. The molecule has 1 heterocycles. The molecule has 0 bridgehead atoms. The van der Waals surface area contributed by atoms with E-state index in [1.54, 1.807) is 19.1 Å². The van der Waals surface area contributed by atoms with Gasteiger partial charge in [-0.05, 0) is 50.5 Å². The van der Waals surface area contributed by atoms with E-state index in [2.05, 4.69) is 20.5 Å². The molecule has 2 rings (SSSR count). The zero-order chi connectivity index (χ0) is 20.7. The molecule has 1 aromatic carbocycles. The van der Waals surface area contributed by atoms with Crippen molar-refractivity contribution >= 4 is 35.2 Å². The molecule has 9 heteroatoms. The third-order valence-corrected chi connectivity index (χ3v) is 5.17. The minimum absolute atomic E-state index is 0.0385. The number of esters is 1. The van der Waals surface area contributed by atoms with Crippen LogP contribution in [0.25, 0.3) is 0 Å². The number of thioether (sulfide) groups is 1. The van der Waals surface area contributed by atoms with Gasteiger partial charge in [-0.15, -0.1) is 16.9 Å². The number of hydrogen-bond donors (Lipinski definition) is 2. The maximum absolute atomic E-state index is 12.7. The molecule has 7 nitrogen and oxygen atoms in total. The summed E-state index contributed by atoms with van der Waals surface area (Å²) in [6.07, 6.45) is 0.654. The largest absolute Gasteiger partial charge is 0.460 e. The van der Waals surface area contributed by atoms with E-state index in [0.717, 1.165) is 4.90 Å². The molecule has 0 aliphatic heterocycles. The van der Waals surface area contributed by atoms with Gasteiger partial charge in [-0.1, -0.05) is 25.4 Å². The van der Waals surface area contributed by atoms with E-state index in [4.69, 9.17) is 16.3 Å². The Hall–Kier alpha value is -2.06. The lowest BCUT2D eigenvalue weighted by molar-refractivity contribution is -0.121. The van der Waals surface area contributed by atoms with Crippen LogP contribution in [-0.4, -0.2) is 38.9 Å². The van der Waals surface area contributed by atoms with Gasteiger partial charge in [0.2, 0.25) is 5.91 Å². The summed E-state index contributed by atoms with van der Waals surface area (Å²) in [4.78, 5) is 29.7. The molecule has 0 unspecified atom stereocenters. The third kappa shape index (κ3) is 6.53. The van der Waals surface area contributed by atoms with Crippen molar-refractivity contribution in [2.45, 2.75) is 50.3 Å². The molecule has 152 valence electrons. The van der Waals surface area contributed by atoms with E-state index in [1.165, 1.54) is 11.8 Å². The average Bonchev–Trinajstić information content (AvgIpc) is 3.13. The lowest BCUT2D eigenvalue weighted by Gasteiger charge is -2.20. The Morgan fingerprint density at radius 3 is 2.54 bits per heavy atom. The van der Waals surface area contributed by atoms with Crippen molar-refractivity contribution < 1.29 is 14.3 Å². The predicted octanol–water partition coefficient (Wildman–Crippen LogP) is 4.02. The zero-order valence-electron chi connectivity index (χ0n) is 16.4. The number of aromatic amines is 1. The van der Waals surface area contributed by atoms with Gasteiger partial charge in [0.25, 0.3) is 5.82 Å². The number of halogens is 1. The second-order valence-electron chi connectivity index (χ2n) is 6.67. The van der Waals surface area contributed by atoms with Gasteiger partial charge in [0.15, 0.2) is 0 Å². The number of rotatable bonds is 9. The van der Waals surface area contributed by atoms with Gasteiger partial charge >= 0.3 is 5.97 Å². The molecule has 1 amide bonds. The Morgan fingerprint density at radius 1 is 1.25 bits per heavy atom. The first-order chi connectivity index (χ1) is 13.3. The van der Waals surface area contributed by atoms with Crippen molar-refractivity contribution in [3.8, 4) is 0 Å².